The molecule has 0 aromatic carbocycles. The zero-order valence-electron chi connectivity index (χ0n) is 10.4. The molecule has 88 valence electrons. The molecule has 4 atom stereocenters. The Morgan fingerprint density at radius 3 is 2.53 bits per heavy atom. The lowest BCUT2D eigenvalue weighted by molar-refractivity contribution is -0.0348. The van der Waals surface area contributed by atoms with E-state index in [1.54, 1.807) is 6.92 Å². The van der Waals surface area contributed by atoms with Crippen molar-refractivity contribution in [3.8, 4) is 0 Å². The standard InChI is InChI=1S/C12H22FNO/c1-11(2,3)15-7-9-10-8(6-14(9)5)12(10,4)13/h8-10H,6-7H2,1-5H3/t8?,9-,10?,12?/m1/s1. The van der Waals surface area contributed by atoms with E-state index < -0.39 is 5.67 Å². The summed E-state index contributed by atoms with van der Waals surface area (Å²) in [5.74, 6) is 0.445. The molecule has 1 saturated heterocycles. The molecule has 3 heteroatoms. The summed E-state index contributed by atoms with van der Waals surface area (Å²) >= 11 is 0. The van der Waals surface area contributed by atoms with Crippen LogP contribution in [0.5, 0.6) is 0 Å². The summed E-state index contributed by atoms with van der Waals surface area (Å²) in [5.41, 5.74) is -1.06. The van der Waals surface area contributed by atoms with Crippen LogP contribution in [-0.2, 0) is 4.74 Å². The number of halogens is 1. The zero-order valence-corrected chi connectivity index (χ0v) is 10.4. The SMILES string of the molecule is CN1CC2C([C@H]1COC(C)(C)C)C2(C)F. The van der Waals surface area contributed by atoms with Crippen molar-refractivity contribution >= 4 is 0 Å². The van der Waals surface area contributed by atoms with E-state index >= 15 is 0 Å². The summed E-state index contributed by atoms with van der Waals surface area (Å²) in [6.07, 6.45) is 0. The number of likely N-dealkylation sites (N-methyl/N-ethyl adjacent to an activating group) is 1. The highest BCUT2D eigenvalue weighted by Crippen LogP contribution is 2.60. The van der Waals surface area contributed by atoms with Crippen LogP contribution in [0.15, 0.2) is 0 Å². The molecule has 3 unspecified atom stereocenters. The van der Waals surface area contributed by atoms with Crippen LogP contribution < -0.4 is 0 Å². The lowest BCUT2D eigenvalue weighted by Gasteiger charge is -2.29. The minimum atomic E-state index is -0.932. The molecule has 1 heterocycles. The Kier molecular flexibility index (Phi) is 2.40. The summed E-state index contributed by atoms with van der Waals surface area (Å²) in [6, 6.07) is 0.268. The number of hydrogen-bond acceptors (Lipinski definition) is 2. The monoisotopic (exact) mass is 215 g/mol. The van der Waals surface area contributed by atoms with Crippen LogP contribution in [0.25, 0.3) is 0 Å². The molecule has 0 aromatic rings. The first-order valence-electron chi connectivity index (χ1n) is 5.76. The number of fused-ring (bicyclic) bond motifs is 1. The van der Waals surface area contributed by atoms with Crippen LogP contribution in [-0.4, -0.2) is 42.4 Å². The molecule has 0 spiro atoms. The maximum atomic E-state index is 13.9. The molecule has 0 N–H and O–H groups in total. The Morgan fingerprint density at radius 1 is 1.47 bits per heavy atom. The largest absolute Gasteiger partial charge is 0.374 e. The van der Waals surface area contributed by atoms with Gasteiger partial charge in [-0.2, -0.15) is 0 Å². The van der Waals surface area contributed by atoms with Gasteiger partial charge in [0.15, 0.2) is 0 Å². The third-order valence-electron chi connectivity index (χ3n) is 3.85. The summed E-state index contributed by atoms with van der Waals surface area (Å²) in [4.78, 5) is 2.24. The average Bonchev–Trinajstić information content (AvgIpc) is 2.45. The van der Waals surface area contributed by atoms with Gasteiger partial charge in [0.1, 0.15) is 5.67 Å². The van der Waals surface area contributed by atoms with E-state index in [2.05, 4.69) is 11.9 Å². The van der Waals surface area contributed by atoms with Crippen LogP contribution in [0.4, 0.5) is 4.39 Å². The van der Waals surface area contributed by atoms with Gasteiger partial charge >= 0.3 is 0 Å². The smallest absolute Gasteiger partial charge is 0.117 e. The van der Waals surface area contributed by atoms with E-state index in [-0.39, 0.29) is 23.5 Å². The fraction of sp³-hybridized carbons (Fsp3) is 1.00. The lowest BCUT2D eigenvalue weighted by atomic mass is 10.1. The predicted molar refractivity (Wildman–Crippen MR) is 58.6 cm³/mol. The lowest BCUT2D eigenvalue weighted by Crippen LogP contribution is -2.39. The average molecular weight is 215 g/mol. The second-order valence-corrected chi connectivity index (χ2v) is 6.21. The van der Waals surface area contributed by atoms with E-state index in [1.807, 2.05) is 20.8 Å². The van der Waals surface area contributed by atoms with E-state index in [9.17, 15) is 4.39 Å². The first kappa shape index (κ1) is 11.3. The normalized spacial score (nSPS) is 45.6. The molecule has 1 aliphatic heterocycles. The molecule has 2 rings (SSSR count). The Morgan fingerprint density at radius 2 is 2.07 bits per heavy atom. The minimum absolute atomic E-state index is 0.124. The van der Waals surface area contributed by atoms with E-state index in [0.717, 1.165) is 6.54 Å². The summed E-state index contributed by atoms with van der Waals surface area (Å²) in [7, 11) is 2.07. The first-order chi connectivity index (χ1) is 6.73. The van der Waals surface area contributed by atoms with Gasteiger partial charge in [-0.25, -0.2) is 4.39 Å². The molecule has 0 amide bonds. The van der Waals surface area contributed by atoms with Crippen molar-refractivity contribution in [1.82, 2.24) is 4.90 Å². The van der Waals surface area contributed by atoms with Gasteiger partial charge in [0, 0.05) is 24.4 Å². The van der Waals surface area contributed by atoms with Gasteiger partial charge in [0.25, 0.3) is 0 Å². The Balaban J connectivity index is 1.92. The third-order valence-corrected chi connectivity index (χ3v) is 3.85. The quantitative estimate of drug-likeness (QED) is 0.699. The van der Waals surface area contributed by atoms with Crippen LogP contribution in [0, 0.1) is 11.8 Å². The molecular weight excluding hydrogens is 193 g/mol. The predicted octanol–water partition coefficient (Wildman–Crippen LogP) is 2.09. The number of ether oxygens (including phenoxy) is 1. The molecule has 2 fully saturated rings. The molecule has 0 aromatic heterocycles. The van der Waals surface area contributed by atoms with Crippen molar-refractivity contribution in [2.75, 3.05) is 20.2 Å². The van der Waals surface area contributed by atoms with Crippen molar-refractivity contribution in [3.05, 3.63) is 0 Å². The van der Waals surface area contributed by atoms with Gasteiger partial charge in [-0.1, -0.05) is 0 Å². The number of nitrogens with zero attached hydrogens (tertiary/aromatic N) is 1. The molecule has 0 bridgehead atoms. The second kappa shape index (κ2) is 3.17. The topological polar surface area (TPSA) is 12.5 Å². The number of piperidine rings is 1. The van der Waals surface area contributed by atoms with Crippen LogP contribution in [0.3, 0.4) is 0 Å². The van der Waals surface area contributed by atoms with E-state index in [0.29, 0.717) is 6.61 Å². The highest BCUT2D eigenvalue weighted by Gasteiger charge is 2.70. The maximum absolute atomic E-state index is 13.9. The van der Waals surface area contributed by atoms with Crippen LogP contribution in [0.1, 0.15) is 27.7 Å². The highest BCUT2D eigenvalue weighted by molar-refractivity contribution is 5.19. The Labute approximate surface area is 91.8 Å². The molecule has 1 aliphatic carbocycles. The van der Waals surface area contributed by atoms with Crippen molar-refractivity contribution in [1.29, 1.82) is 0 Å². The van der Waals surface area contributed by atoms with E-state index in [4.69, 9.17) is 4.74 Å². The Hall–Kier alpha value is -0.150. The molecule has 15 heavy (non-hydrogen) atoms. The molecule has 2 nitrogen and oxygen atoms in total. The number of hydrogen-bond donors (Lipinski definition) is 0. The van der Waals surface area contributed by atoms with Crippen molar-refractivity contribution in [3.63, 3.8) is 0 Å². The second-order valence-electron chi connectivity index (χ2n) is 6.21. The van der Waals surface area contributed by atoms with Crippen LogP contribution >= 0.6 is 0 Å². The van der Waals surface area contributed by atoms with Gasteiger partial charge in [-0.05, 0) is 34.7 Å². The molecular formula is C12H22FNO. The third kappa shape index (κ3) is 1.92. The zero-order chi connectivity index (χ0) is 11.4. The number of alkyl halides is 1. The fourth-order valence-corrected chi connectivity index (χ4v) is 2.82. The highest BCUT2D eigenvalue weighted by atomic mass is 19.1. The first-order valence-corrected chi connectivity index (χ1v) is 5.76. The number of likely N-dealkylation sites (tertiary alicyclic amines) is 1. The van der Waals surface area contributed by atoms with Crippen molar-refractivity contribution in [2.24, 2.45) is 11.8 Å². The Bertz CT molecular complexity index is 259. The molecule has 2 aliphatic rings. The van der Waals surface area contributed by atoms with Gasteiger partial charge < -0.3 is 9.64 Å². The summed E-state index contributed by atoms with van der Waals surface area (Å²) in [6.45, 7) is 9.40. The van der Waals surface area contributed by atoms with Gasteiger partial charge in [-0.15, -0.1) is 0 Å². The summed E-state index contributed by atoms with van der Waals surface area (Å²) in [5, 5.41) is 0. The van der Waals surface area contributed by atoms with Crippen molar-refractivity contribution < 1.29 is 9.13 Å². The van der Waals surface area contributed by atoms with Crippen molar-refractivity contribution in [2.45, 2.75) is 45.0 Å². The molecule has 0 radical (unpaired) electrons. The number of rotatable bonds is 2. The minimum Gasteiger partial charge on any atom is -0.374 e. The van der Waals surface area contributed by atoms with E-state index in [1.165, 1.54) is 0 Å². The summed E-state index contributed by atoms with van der Waals surface area (Å²) < 4.78 is 19.6. The van der Waals surface area contributed by atoms with Gasteiger partial charge in [0.05, 0.1) is 12.2 Å². The fourth-order valence-electron chi connectivity index (χ4n) is 2.82. The van der Waals surface area contributed by atoms with Crippen LogP contribution in [0.2, 0.25) is 0 Å². The van der Waals surface area contributed by atoms with Gasteiger partial charge in [0.2, 0.25) is 0 Å². The van der Waals surface area contributed by atoms with Gasteiger partial charge in [-0.3, -0.25) is 0 Å². The molecule has 1 saturated carbocycles. The maximum Gasteiger partial charge on any atom is 0.117 e.